The summed E-state index contributed by atoms with van der Waals surface area (Å²) >= 11 is 5.96. The molecule has 1 N–H and O–H groups in total. The van der Waals surface area contributed by atoms with Crippen molar-refractivity contribution in [3.05, 3.63) is 29.8 Å². The Balaban J connectivity index is 1.40. The lowest BCUT2D eigenvalue weighted by atomic mass is 9.85. The quantitative estimate of drug-likeness (QED) is 0.831. The van der Waals surface area contributed by atoms with E-state index >= 15 is 0 Å². The summed E-state index contributed by atoms with van der Waals surface area (Å²) in [7, 11) is 0. The normalized spacial score (nSPS) is 30.5. The number of halogens is 1. The van der Waals surface area contributed by atoms with Crippen LogP contribution in [0.25, 0.3) is 0 Å². The van der Waals surface area contributed by atoms with Crippen LogP contribution in [-0.2, 0) is 6.42 Å². The molecule has 0 radical (unpaired) electrons. The van der Waals surface area contributed by atoms with Crippen LogP contribution in [0.4, 0.5) is 0 Å². The lowest BCUT2D eigenvalue weighted by molar-refractivity contribution is 0.217. The summed E-state index contributed by atoms with van der Waals surface area (Å²) in [6.07, 6.45) is 3.67. The van der Waals surface area contributed by atoms with Gasteiger partial charge in [-0.3, -0.25) is 0 Å². The van der Waals surface area contributed by atoms with Crippen LogP contribution in [-0.4, -0.2) is 24.6 Å². The average Bonchev–Trinajstić information content (AvgIpc) is 2.69. The van der Waals surface area contributed by atoms with Crippen LogP contribution in [0.15, 0.2) is 24.3 Å². The highest BCUT2D eigenvalue weighted by Crippen LogP contribution is 2.31. The Hall–Kier alpha value is -0.730. The fourth-order valence-corrected chi connectivity index (χ4v) is 3.14. The number of ether oxygens (including phenoxy) is 1. The zero-order valence-electron chi connectivity index (χ0n) is 9.86. The highest BCUT2D eigenvalue weighted by atomic mass is 35.5. The Labute approximate surface area is 107 Å². The molecule has 1 atom stereocenters. The molecule has 1 heterocycles. The SMILES string of the molecule is ClC1CC(CNCC2Cc3ccccc3O2)C1. The third kappa shape index (κ3) is 2.58. The standard InChI is InChI=1S/C14H18ClNO/c15-12-5-10(6-12)8-16-9-13-7-11-3-1-2-4-14(11)17-13/h1-4,10,12-13,16H,5-9H2. The minimum atomic E-state index is 0.305. The molecule has 2 nitrogen and oxygen atoms in total. The van der Waals surface area contributed by atoms with Crippen LogP contribution in [0.1, 0.15) is 18.4 Å². The molecule has 1 aromatic carbocycles. The number of nitrogens with one attached hydrogen (secondary N) is 1. The van der Waals surface area contributed by atoms with Crippen LogP contribution in [0, 0.1) is 5.92 Å². The summed E-state index contributed by atoms with van der Waals surface area (Å²) in [6, 6.07) is 8.31. The van der Waals surface area contributed by atoms with Crippen LogP contribution >= 0.6 is 11.6 Å². The van der Waals surface area contributed by atoms with E-state index in [9.17, 15) is 0 Å². The van der Waals surface area contributed by atoms with Gasteiger partial charge in [0.25, 0.3) is 0 Å². The van der Waals surface area contributed by atoms with Crippen LogP contribution < -0.4 is 10.1 Å². The monoisotopic (exact) mass is 251 g/mol. The number of hydrogen-bond donors (Lipinski definition) is 1. The van der Waals surface area contributed by atoms with Gasteiger partial charge in [0.2, 0.25) is 0 Å². The molecule has 1 fully saturated rings. The van der Waals surface area contributed by atoms with E-state index in [1.54, 1.807) is 0 Å². The van der Waals surface area contributed by atoms with Crippen molar-refractivity contribution in [3.8, 4) is 5.75 Å². The van der Waals surface area contributed by atoms with Crippen molar-refractivity contribution in [2.75, 3.05) is 13.1 Å². The van der Waals surface area contributed by atoms with Gasteiger partial charge in [-0.15, -0.1) is 11.6 Å². The molecular weight excluding hydrogens is 234 g/mol. The highest BCUT2D eigenvalue weighted by molar-refractivity contribution is 6.21. The molecule has 1 aliphatic carbocycles. The topological polar surface area (TPSA) is 21.3 Å². The first-order valence-electron chi connectivity index (χ1n) is 6.40. The highest BCUT2D eigenvalue weighted by Gasteiger charge is 2.27. The maximum absolute atomic E-state index is 5.96. The van der Waals surface area contributed by atoms with E-state index in [0.29, 0.717) is 11.5 Å². The molecule has 0 amide bonds. The van der Waals surface area contributed by atoms with E-state index in [1.165, 1.54) is 18.4 Å². The predicted octanol–water partition coefficient (Wildman–Crippen LogP) is 2.60. The van der Waals surface area contributed by atoms with Crippen molar-refractivity contribution in [1.29, 1.82) is 0 Å². The third-order valence-electron chi connectivity index (χ3n) is 3.70. The minimum Gasteiger partial charge on any atom is -0.488 e. The van der Waals surface area contributed by atoms with Crippen molar-refractivity contribution in [3.63, 3.8) is 0 Å². The van der Waals surface area contributed by atoms with Crippen molar-refractivity contribution >= 4 is 11.6 Å². The van der Waals surface area contributed by atoms with Crippen molar-refractivity contribution in [1.82, 2.24) is 5.32 Å². The predicted molar refractivity (Wildman–Crippen MR) is 69.8 cm³/mol. The van der Waals surface area contributed by atoms with Gasteiger partial charge in [-0.1, -0.05) is 18.2 Å². The average molecular weight is 252 g/mol. The van der Waals surface area contributed by atoms with Gasteiger partial charge in [0.05, 0.1) is 0 Å². The molecular formula is C14H18ClNO. The number of para-hydroxylation sites is 1. The molecule has 92 valence electrons. The molecule has 1 unspecified atom stereocenters. The summed E-state index contributed by atoms with van der Waals surface area (Å²) in [5, 5.41) is 3.93. The first-order chi connectivity index (χ1) is 8.31. The smallest absolute Gasteiger partial charge is 0.123 e. The molecule has 17 heavy (non-hydrogen) atoms. The Kier molecular flexibility index (Phi) is 3.26. The molecule has 0 spiro atoms. The Morgan fingerprint density at radius 2 is 2.06 bits per heavy atom. The van der Waals surface area contributed by atoms with Gasteiger partial charge in [0.1, 0.15) is 11.9 Å². The molecule has 1 aliphatic heterocycles. The third-order valence-corrected chi connectivity index (χ3v) is 4.05. The summed E-state index contributed by atoms with van der Waals surface area (Å²) in [4.78, 5) is 0. The van der Waals surface area contributed by atoms with Crippen molar-refractivity contribution < 1.29 is 4.74 Å². The lowest BCUT2D eigenvalue weighted by Crippen LogP contribution is -2.38. The Morgan fingerprint density at radius 1 is 1.24 bits per heavy atom. The number of rotatable bonds is 4. The van der Waals surface area contributed by atoms with Gasteiger partial charge >= 0.3 is 0 Å². The van der Waals surface area contributed by atoms with E-state index in [1.807, 2.05) is 6.07 Å². The van der Waals surface area contributed by atoms with Gasteiger partial charge in [-0.25, -0.2) is 0 Å². The Bertz CT molecular complexity index is 365. The van der Waals surface area contributed by atoms with Crippen LogP contribution in [0.2, 0.25) is 0 Å². The molecule has 0 aromatic heterocycles. The fourth-order valence-electron chi connectivity index (χ4n) is 2.64. The molecule has 3 rings (SSSR count). The summed E-state index contributed by atoms with van der Waals surface area (Å²) in [5.74, 6) is 1.84. The largest absolute Gasteiger partial charge is 0.488 e. The van der Waals surface area contributed by atoms with Crippen LogP contribution in [0.3, 0.4) is 0 Å². The maximum atomic E-state index is 5.96. The van der Waals surface area contributed by atoms with E-state index < -0.39 is 0 Å². The molecule has 1 aromatic rings. The van der Waals surface area contributed by atoms with Crippen molar-refractivity contribution in [2.24, 2.45) is 5.92 Å². The lowest BCUT2D eigenvalue weighted by Gasteiger charge is -2.31. The first kappa shape index (κ1) is 11.4. The summed E-state index contributed by atoms with van der Waals surface area (Å²) in [6.45, 7) is 2.03. The van der Waals surface area contributed by atoms with Gasteiger partial charge in [-0.2, -0.15) is 0 Å². The molecule has 0 bridgehead atoms. The van der Waals surface area contributed by atoms with Gasteiger partial charge in [0.15, 0.2) is 0 Å². The molecule has 1 saturated carbocycles. The number of alkyl halides is 1. The second-order valence-corrected chi connectivity index (χ2v) is 5.76. The van der Waals surface area contributed by atoms with E-state index in [2.05, 4.69) is 23.5 Å². The summed E-state index contributed by atoms with van der Waals surface area (Å²) < 4.78 is 5.87. The molecule has 2 aliphatic rings. The Morgan fingerprint density at radius 3 is 2.82 bits per heavy atom. The van der Waals surface area contributed by atoms with Crippen LogP contribution in [0.5, 0.6) is 5.75 Å². The molecule has 3 heteroatoms. The van der Waals surface area contributed by atoms with Gasteiger partial charge in [-0.05, 0) is 36.9 Å². The van der Waals surface area contributed by atoms with E-state index in [-0.39, 0.29) is 0 Å². The second-order valence-electron chi connectivity index (χ2n) is 5.14. The number of fused-ring (bicyclic) bond motifs is 1. The van der Waals surface area contributed by atoms with Gasteiger partial charge < -0.3 is 10.1 Å². The minimum absolute atomic E-state index is 0.305. The zero-order valence-corrected chi connectivity index (χ0v) is 10.6. The van der Waals surface area contributed by atoms with E-state index in [4.69, 9.17) is 16.3 Å². The molecule has 0 saturated heterocycles. The second kappa shape index (κ2) is 4.87. The van der Waals surface area contributed by atoms with Crippen molar-refractivity contribution in [2.45, 2.75) is 30.7 Å². The first-order valence-corrected chi connectivity index (χ1v) is 6.84. The number of hydrogen-bond acceptors (Lipinski definition) is 2. The maximum Gasteiger partial charge on any atom is 0.123 e. The van der Waals surface area contributed by atoms with Gasteiger partial charge in [0, 0.05) is 18.3 Å². The van der Waals surface area contributed by atoms with E-state index in [0.717, 1.165) is 31.2 Å². The summed E-state index contributed by atoms with van der Waals surface area (Å²) in [5.41, 5.74) is 1.34. The zero-order chi connectivity index (χ0) is 11.7. The fraction of sp³-hybridized carbons (Fsp3) is 0.571. The number of benzene rings is 1.